The first kappa shape index (κ1) is 8.29. The van der Waals surface area contributed by atoms with E-state index < -0.39 is 0 Å². The zero-order valence-corrected chi connectivity index (χ0v) is 6.81. The SMILES string of the molecule is C#CCCC(=O)C1(C)CNC1. The highest BCUT2D eigenvalue weighted by Gasteiger charge is 2.37. The maximum Gasteiger partial charge on any atom is 0.142 e. The molecule has 0 saturated carbocycles. The quantitative estimate of drug-likeness (QED) is 0.598. The van der Waals surface area contributed by atoms with Crippen molar-refractivity contribution < 1.29 is 4.79 Å². The number of carbonyl (C=O) groups is 1. The molecule has 0 radical (unpaired) electrons. The summed E-state index contributed by atoms with van der Waals surface area (Å²) in [6.45, 7) is 3.62. The molecular weight excluding hydrogens is 138 g/mol. The molecule has 1 fully saturated rings. The van der Waals surface area contributed by atoms with Crippen LogP contribution < -0.4 is 5.32 Å². The Morgan fingerprint density at radius 1 is 1.73 bits per heavy atom. The van der Waals surface area contributed by atoms with Crippen molar-refractivity contribution in [2.24, 2.45) is 5.41 Å². The Morgan fingerprint density at radius 2 is 2.36 bits per heavy atom. The van der Waals surface area contributed by atoms with Crippen molar-refractivity contribution in [1.82, 2.24) is 5.32 Å². The van der Waals surface area contributed by atoms with E-state index in [1.54, 1.807) is 0 Å². The number of rotatable bonds is 3. The molecule has 0 aromatic heterocycles. The van der Waals surface area contributed by atoms with E-state index in [1.165, 1.54) is 0 Å². The van der Waals surface area contributed by atoms with Gasteiger partial charge in [-0.15, -0.1) is 12.3 Å². The Morgan fingerprint density at radius 3 is 2.73 bits per heavy atom. The summed E-state index contributed by atoms with van der Waals surface area (Å²) in [5.41, 5.74) is -0.114. The van der Waals surface area contributed by atoms with Crippen LogP contribution in [0.25, 0.3) is 0 Å². The van der Waals surface area contributed by atoms with Crippen LogP contribution in [0.2, 0.25) is 0 Å². The second-order valence-electron chi connectivity index (χ2n) is 3.29. The van der Waals surface area contributed by atoms with Gasteiger partial charge in [0.2, 0.25) is 0 Å². The number of hydrogen-bond donors (Lipinski definition) is 1. The number of ketones is 1. The Hall–Kier alpha value is -0.810. The van der Waals surface area contributed by atoms with E-state index in [0.29, 0.717) is 18.6 Å². The largest absolute Gasteiger partial charge is 0.315 e. The highest BCUT2D eigenvalue weighted by atomic mass is 16.1. The Bertz CT molecular complexity index is 198. The Labute approximate surface area is 67.4 Å². The van der Waals surface area contributed by atoms with Gasteiger partial charge in [0.05, 0.1) is 5.41 Å². The first-order valence-corrected chi connectivity index (χ1v) is 3.86. The zero-order valence-electron chi connectivity index (χ0n) is 6.81. The van der Waals surface area contributed by atoms with E-state index in [2.05, 4.69) is 11.2 Å². The predicted octanol–water partition coefficient (Wildman–Crippen LogP) is 0.578. The molecule has 0 unspecified atom stereocenters. The average Bonchev–Trinajstić information content (AvgIpc) is 1.95. The summed E-state index contributed by atoms with van der Waals surface area (Å²) in [5, 5.41) is 3.09. The molecule has 1 aliphatic rings. The van der Waals surface area contributed by atoms with Gasteiger partial charge in [0.1, 0.15) is 5.78 Å². The van der Waals surface area contributed by atoms with Gasteiger partial charge in [-0.05, 0) is 0 Å². The molecule has 11 heavy (non-hydrogen) atoms. The zero-order chi connectivity index (χ0) is 8.32. The van der Waals surface area contributed by atoms with Crippen LogP contribution in [0.15, 0.2) is 0 Å². The Balaban J connectivity index is 2.36. The topological polar surface area (TPSA) is 29.1 Å². The van der Waals surface area contributed by atoms with Crippen molar-refractivity contribution in [2.45, 2.75) is 19.8 Å². The molecule has 0 aromatic carbocycles. The molecule has 1 N–H and O–H groups in total. The molecule has 2 nitrogen and oxygen atoms in total. The monoisotopic (exact) mass is 151 g/mol. The van der Waals surface area contributed by atoms with Crippen LogP contribution in [0, 0.1) is 17.8 Å². The Kier molecular flexibility index (Phi) is 2.31. The van der Waals surface area contributed by atoms with Crippen molar-refractivity contribution in [1.29, 1.82) is 0 Å². The van der Waals surface area contributed by atoms with E-state index in [9.17, 15) is 4.79 Å². The molecule has 1 rings (SSSR count). The smallest absolute Gasteiger partial charge is 0.142 e. The van der Waals surface area contributed by atoms with Gasteiger partial charge < -0.3 is 5.32 Å². The second-order valence-corrected chi connectivity index (χ2v) is 3.29. The van der Waals surface area contributed by atoms with Crippen molar-refractivity contribution in [3.8, 4) is 12.3 Å². The molecule has 0 aromatic rings. The van der Waals surface area contributed by atoms with Crippen LogP contribution >= 0.6 is 0 Å². The normalized spacial score (nSPS) is 20.0. The first-order valence-electron chi connectivity index (χ1n) is 3.86. The average molecular weight is 151 g/mol. The minimum atomic E-state index is -0.114. The third-order valence-corrected chi connectivity index (χ3v) is 2.20. The summed E-state index contributed by atoms with van der Waals surface area (Å²) >= 11 is 0. The lowest BCUT2D eigenvalue weighted by molar-refractivity contribution is -0.130. The van der Waals surface area contributed by atoms with Crippen LogP contribution in [0.4, 0.5) is 0 Å². The molecule has 0 spiro atoms. The molecule has 60 valence electrons. The third kappa shape index (κ3) is 1.61. The fourth-order valence-electron chi connectivity index (χ4n) is 1.18. The van der Waals surface area contributed by atoms with E-state index in [1.807, 2.05) is 6.92 Å². The fourth-order valence-corrected chi connectivity index (χ4v) is 1.18. The van der Waals surface area contributed by atoms with Crippen molar-refractivity contribution >= 4 is 5.78 Å². The summed E-state index contributed by atoms with van der Waals surface area (Å²) in [7, 11) is 0. The van der Waals surface area contributed by atoms with E-state index in [-0.39, 0.29) is 5.41 Å². The van der Waals surface area contributed by atoms with Crippen LogP contribution in [0.3, 0.4) is 0 Å². The van der Waals surface area contributed by atoms with E-state index >= 15 is 0 Å². The van der Waals surface area contributed by atoms with E-state index in [4.69, 9.17) is 6.42 Å². The van der Waals surface area contributed by atoms with Gasteiger partial charge in [-0.2, -0.15) is 0 Å². The highest BCUT2D eigenvalue weighted by Crippen LogP contribution is 2.24. The first-order chi connectivity index (χ1) is 5.19. The molecule has 0 aliphatic carbocycles. The summed E-state index contributed by atoms with van der Waals surface area (Å²) in [4.78, 5) is 11.4. The van der Waals surface area contributed by atoms with Crippen LogP contribution in [0.5, 0.6) is 0 Å². The van der Waals surface area contributed by atoms with Gasteiger partial charge in [-0.25, -0.2) is 0 Å². The molecule has 0 bridgehead atoms. The molecule has 1 heterocycles. The van der Waals surface area contributed by atoms with Crippen molar-refractivity contribution in [3.05, 3.63) is 0 Å². The molecule has 1 aliphatic heterocycles. The lowest BCUT2D eigenvalue weighted by atomic mass is 9.78. The van der Waals surface area contributed by atoms with Crippen molar-refractivity contribution in [2.75, 3.05) is 13.1 Å². The van der Waals surface area contributed by atoms with Gasteiger partial charge in [0.15, 0.2) is 0 Å². The lowest BCUT2D eigenvalue weighted by Gasteiger charge is -2.37. The molecule has 0 atom stereocenters. The van der Waals surface area contributed by atoms with Crippen LogP contribution in [0.1, 0.15) is 19.8 Å². The van der Waals surface area contributed by atoms with Crippen molar-refractivity contribution in [3.63, 3.8) is 0 Å². The number of nitrogens with one attached hydrogen (secondary N) is 1. The van der Waals surface area contributed by atoms with Gasteiger partial charge in [-0.1, -0.05) is 6.92 Å². The maximum atomic E-state index is 11.4. The second kappa shape index (κ2) is 3.06. The van der Waals surface area contributed by atoms with Gasteiger partial charge >= 0.3 is 0 Å². The molecule has 0 amide bonds. The number of terminal acetylenes is 1. The number of hydrogen-bond acceptors (Lipinski definition) is 2. The summed E-state index contributed by atoms with van der Waals surface area (Å²) < 4.78 is 0. The summed E-state index contributed by atoms with van der Waals surface area (Å²) in [6, 6.07) is 0. The molecule has 1 saturated heterocycles. The van der Waals surface area contributed by atoms with Gasteiger partial charge in [-0.3, -0.25) is 4.79 Å². The fraction of sp³-hybridized carbons (Fsp3) is 0.667. The predicted molar refractivity (Wildman–Crippen MR) is 44.1 cm³/mol. The lowest BCUT2D eigenvalue weighted by Crippen LogP contribution is -2.56. The minimum Gasteiger partial charge on any atom is -0.315 e. The van der Waals surface area contributed by atoms with Gasteiger partial charge in [0.25, 0.3) is 0 Å². The number of carbonyl (C=O) groups excluding carboxylic acids is 1. The van der Waals surface area contributed by atoms with Crippen LogP contribution in [-0.4, -0.2) is 18.9 Å². The maximum absolute atomic E-state index is 11.4. The van der Waals surface area contributed by atoms with Gasteiger partial charge in [0, 0.05) is 25.9 Å². The highest BCUT2D eigenvalue weighted by molar-refractivity contribution is 5.86. The third-order valence-electron chi connectivity index (χ3n) is 2.20. The van der Waals surface area contributed by atoms with E-state index in [0.717, 1.165) is 13.1 Å². The van der Waals surface area contributed by atoms with Crippen LogP contribution in [-0.2, 0) is 4.79 Å². The summed E-state index contributed by atoms with van der Waals surface area (Å²) in [6.07, 6.45) is 6.18. The minimum absolute atomic E-state index is 0.114. The molecular formula is C9H13NO. The summed E-state index contributed by atoms with van der Waals surface area (Å²) in [5.74, 6) is 2.78. The number of Topliss-reactive ketones (excluding diaryl/α,β-unsaturated/α-hetero) is 1. The standard InChI is InChI=1S/C9H13NO/c1-3-4-5-8(11)9(2)6-10-7-9/h1,10H,4-7H2,2H3. The molecule has 2 heteroatoms.